The normalized spacial score (nSPS) is 10.9. The molecule has 23 heavy (non-hydrogen) atoms. The molecule has 0 radical (unpaired) electrons. The van der Waals surface area contributed by atoms with Crippen LogP contribution in [-0.4, -0.2) is 15.3 Å². The van der Waals surface area contributed by atoms with Gasteiger partial charge < -0.3 is 0 Å². The van der Waals surface area contributed by atoms with Crippen LogP contribution in [0.4, 0.5) is 5.69 Å². The molecule has 0 aliphatic rings. The summed E-state index contributed by atoms with van der Waals surface area (Å²) in [4.78, 5) is 22.7. The largest absolute Gasteiger partial charge is 0.290 e. The van der Waals surface area contributed by atoms with Crippen LogP contribution in [0.25, 0.3) is 11.0 Å². The Kier molecular flexibility index (Phi) is 3.65. The van der Waals surface area contributed by atoms with E-state index in [9.17, 15) is 14.9 Å². The first-order chi connectivity index (χ1) is 11.0. The van der Waals surface area contributed by atoms with Gasteiger partial charge in [-0.3, -0.25) is 14.9 Å². The van der Waals surface area contributed by atoms with Crippen LogP contribution < -0.4 is 4.57 Å². The summed E-state index contributed by atoms with van der Waals surface area (Å²) in [7, 11) is 1.96. The lowest BCUT2D eigenvalue weighted by molar-refractivity contribution is -0.652. The molecule has 3 aromatic rings. The predicted octanol–water partition coefficient (Wildman–Crippen LogP) is 2.57. The molecule has 3 rings (SSSR count). The van der Waals surface area contributed by atoms with Gasteiger partial charge in [-0.15, -0.1) is 0 Å². The predicted molar refractivity (Wildman–Crippen MR) is 85.3 cm³/mol. The number of aryl methyl sites for hydroxylation is 1. The van der Waals surface area contributed by atoms with E-state index in [0.717, 1.165) is 16.9 Å². The average molecular weight is 310 g/mol. The van der Waals surface area contributed by atoms with Crippen molar-refractivity contribution in [3.8, 4) is 0 Å². The van der Waals surface area contributed by atoms with Gasteiger partial charge in [0.2, 0.25) is 5.78 Å². The Morgan fingerprint density at radius 2 is 1.83 bits per heavy atom. The first kappa shape index (κ1) is 14.9. The fourth-order valence-corrected chi connectivity index (χ4v) is 2.71. The van der Waals surface area contributed by atoms with E-state index in [1.54, 1.807) is 0 Å². The van der Waals surface area contributed by atoms with Crippen molar-refractivity contribution < 1.29 is 14.3 Å². The number of imidazole rings is 1. The molecule has 2 aromatic carbocycles. The van der Waals surface area contributed by atoms with E-state index in [-0.39, 0.29) is 18.0 Å². The number of ketones is 1. The van der Waals surface area contributed by atoms with Crippen LogP contribution >= 0.6 is 0 Å². The Labute approximate surface area is 132 Å². The van der Waals surface area contributed by atoms with Crippen molar-refractivity contribution >= 4 is 22.5 Å². The van der Waals surface area contributed by atoms with Crippen molar-refractivity contribution in [1.29, 1.82) is 0 Å². The Bertz CT molecular complexity index is 911. The molecule has 116 valence electrons. The topological polar surface area (TPSA) is 69.0 Å². The fourth-order valence-electron chi connectivity index (χ4n) is 2.71. The second kappa shape index (κ2) is 5.64. The molecule has 0 saturated carbocycles. The number of aromatic nitrogens is 2. The number of carbonyl (C=O) groups is 1. The highest BCUT2D eigenvalue weighted by atomic mass is 16.6. The highest BCUT2D eigenvalue weighted by molar-refractivity contribution is 5.96. The maximum atomic E-state index is 12.5. The van der Waals surface area contributed by atoms with Gasteiger partial charge >= 0.3 is 0 Å². The number of nitro groups is 1. The van der Waals surface area contributed by atoms with Gasteiger partial charge in [0.05, 0.1) is 12.0 Å². The lowest BCUT2D eigenvalue weighted by Gasteiger charge is -2.01. The summed E-state index contributed by atoms with van der Waals surface area (Å²) in [6, 6.07) is 13.6. The minimum absolute atomic E-state index is 0.0180. The molecule has 0 N–H and O–H groups in total. The first-order valence-electron chi connectivity index (χ1n) is 7.20. The van der Waals surface area contributed by atoms with E-state index in [1.807, 2.05) is 47.4 Å². The van der Waals surface area contributed by atoms with Gasteiger partial charge in [0, 0.05) is 24.6 Å². The highest BCUT2D eigenvalue weighted by Gasteiger charge is 2.21. The zero-order valence-corrected chi connectivity index (χ0v) is 12.9. The van der Waals surface area contributed by atoms with E-state index in [2.05, 4.69) is 0 Å². The smallest absolute Gasteiger partial charge is 0.269 e. The molecule has 6 nitrogen and oxygen atoms in total. The highest BCUT2D eigenvalue weighted by Crippen LogP contribution is 2.16. The maximum Gasteiger partial charge on any atom is 0.269 e. The Morgan fingerprint density at radius 3 is 2.48 bits per heavy atom. The summed E-state index contributed by atoms with van der Waals surface area (Å²) < 4.78 is 4.00. The minimum atomic E-state index is -0.474. The molecule has 1 heterocycles. The van der Waals surface area contributed by atoms with E-state index >= 15 is 0 Å². The molecular formula is C17H16N3O3+. The van der Waals surface area contributed by atoms with Gasteiger partial charge in [0.1, 0.15) is 0 Å². The van der Waals surface area contributed by atoms with Crippen molar-refractivity contribution in [2.75, 3.05) is 0 Å². The number of para-hydroxylation sites is 2. The molecule has 0 fully saturated rings. The molecule has 0 amide bonds. The van der Waals surface area contributed by atoms with Gasteiger partial charge in [-0.05, 0) is 24.3 Å². The van der Waals surface area contributed by atoms with E-state index in [1.165, 1.54) is 24.3 Å². The summed E-state index contributed by atoms with van der Waals surface area (Å²) >= 11 is 0. The van der Waals surface area contributed by atoms with Crippen LogP contribution in [0.5, 0.6) is 0 Å². The number of benzene rings is 2. The summed E-state index contributed by atoms with van der Waals surface area (Å²) in [6.45, 7) is 2.16. The average Bonchev–Trinajstić information content (AvgIpc) is 2.80. The van der Waals surface area contributed by atoms with Gasteiger partial charge in [-0.2, -0.15) is 0 Å². The monoisotopic (exact) mass is 310 g/mol. The molecular weight excluding hydrogens is 294 g/mol. The van der Waals surface area contributed by atoms with Crippen LogP contribution in [0.2, 0.25) is 0 Å². The number of non-ortho nitro benzene ring substituents is 1. The second-order valence-electron chi connectivity index (χ2n) is 5.41. The van der Waals surface area contributed by atoms with Crippen molar-refractivity contribution in [2.45, 2.75) is 13.5 Å². The van der Waals surface area contributed by atoms with E-state index < -0.39 is 4.92 Å². The maximum absolute atomic E-state index is 12.5. The Balaban J connectivity index is 1.94. The molecule has 6 heteroatoms. The molecule has 0 spiro atoms. The van der Waals surface area contributed by atoms with Crippen molar-refractivity contribution in [1.82, 2.24) is 4.57 Å². The summed E-state index contributed by atoms with van der Waals surface area (Å²) in [5.74, 6) is 0.894. The number of hydrogen-bond donors (Lipinski definition) is 0. The van der Waals surface area contributed by atoms with Gasteiger partial charge in [-0.25, -0.2) is 9.13 Å². The fraction of sp³-hybridized carbons (Fsp3) is 0.176. The SMILES string of the molecule is Cc1n(CC(=O)c2ccc([N+](=O)[O-])cc2)c2ccccc2[n+]1C. The number of carbonyl (C=O) groups excluding carboxylic acids is 1. The first-order valence-corrected chi connectivity index (χ1v) is 7.20. The number of Topliss-reactive ketones (excluding diaryl/α,β-unsaturated/α-hetero) is 1. The van der Waals surface area contributed by atoms with Gasteiger partial charge in [0.25, 0.3) is 11.5 Å². The van der Waals surface area contributed by atoms with Crippen molar-refractivity contribution in [2.24, 2.45) is 7.05 Å². The van der Waals surface area contributed by atoms with Crippen LogP contribution in [-0.2, 0) is 13.6 Å². The second-order valence-corrected chi connectivity index (χ2v) is 5.41. The number of rotatable bonds is 4. The lowest BCUT2D eigenvalue weighted by atomic mass is 10.1. The van der Waals surface area contributed by atoms with Crippen molar-refractivity contribution in [3.63, 3.8) is 0 Å². The summed E-state index contributed by atoms with van der Waals surface area (Å²) in [6.07, 6.45) is 0. The number of nitrogens with zero attached hydrogens (tertiary/aromatic N) is 3. The molecule has 0 atom stereocenters. The van der Waals surface area contributed by atoms with E-state index in [4.69, 9.17) is 0 Å². The van der Waals surface area contributed by atoms with Gasteiger partial charge in [0.15, 0.2) is 17.6 Å². The Hall–Kier alpha value is -3.02. The zero-order valence-electron chi connectivity index (χ0n) is 12.9. The molecule has 0 aliphatic heterocycles. The van der Waals surface area contributed by atoms with Gasteiger partial charge in [-0.1, -0.05) is 12.1 Å². The number of nitro benzene ring substituents is 1. The number of fused-ring (bicyclic) bond motifs is 1. The van der Waals surface area contributed by atoms with Crippen molar-refractivity contribution in [3.05, 3.63) is 70.0 Å². The van der Waals surface area contributed by atoms with Crippen LogP contribution in [0.3, 0.4) is 0 Å². The molecule has 0 unspecified atom stereocenters. The third-order valence-electron chi connectivity index (χ3n) is 4.11. The third kappa shape index (κ3) is 2.59. The van der Waals surface area contributed by atoms with Crippen LogP contribution in [0, 0.1) is 17.0 Å². The Morgan fingerprint density at radius 1 is 1.17 bits per heavy atom. The minimum Gasteiger partial charge on any atom is -0.290 e. The quantitative estimate of drug-likeness (QED) is 0.322. The molecule has 0 aliphatic carbocycles. The van der Waals surface area contributed by atoms with Crippen LogP contribution in [0.15, 0.2) is 48.5 Å². The summed E-state index contributed by atoms with van der Waals surface area (Å²) in [5, 5.41) is 10.7. The zero-order chi connectivity index (χ0) is 16.6. The van der Waals surface area contributed by atoms with E-state index in [0.29, 0.717) is 5.56 Å². The standard InChI is InChI=1S/C17H16N3O3/c1-12-18(2)15-5-3-4-6-16(15)19(12)11-17(21)13-7-9-14(10-8-13)20(22)23/h3-10H,11H2,1-2H3/q+1. The summed E-state index contributed by atoms with van der Waals surface area (Å²) in [5.41, 5.74) is 2.50. The lowest BCUT2D eigenvalue weighted by Crippen LogP contribution is -2.31. The number of hydrogen-bond acceptors (Lipinski definition) is 3. The molecule has 1 aromatic heterocycles. The molecule has 0 saturated heterocycles. The molecule has 0 bridgehead atoms. The van der Waals surface area contributed by atoms with Crippen LogP contribution in [0.1, 0.15) is 16.2 Å². The third-order valence-corrected chi connectivity index (χ3v) is 4.11.